The molecular weight excluding hydrogens is 365 g/mol. The summed E-state index contributed by atoms with van der Waals surface area (Å²) < 4.78 is 15.9. The minimum atomic E-state index is -0.645. The highest BCUT2D eigenvalue weighted by Gasteiger charge is 2.15. The standard InChI is InChI=1S/C24H22FN3O/c1-15-9-10-23(16(2)11-15)28-17(3)12-19(18(28)4)13-20(14-26)24(29)27-22-8-6-5-7-21(22)25/h5-13H,1-4H3,(H,27,29). The Labute approximate surface area is 169 Å². The van der Waals surface area contributed by atoms with Gasteiger partial charge in [-0.25, -0.2) is 4.39 Å². The molecule has 29 heavy (non-hydrogen) atoms. The van der Waals surface area contributed by atoms with E-state index in [1.165, 1.54) is 23.8 Å². The number of nitrogens with zero attached hydrogens (tertiary/aromatic N) is 2. The van der Waals surface area contributed by atoms with E-state index in [1.54, 1.807) is 12.1 Å². The van der Waals surface area contributed by atoms with Crippen LogP contribution in [-0.2, 0) is 4.79 Å². The van der Waals surface area contributed by atoms with Crippen molar-refractivity contribution in [2.75, 3.05) is 5.32 Å². The predicted octanol–water partition coefficient (Wildman–Crippen LogP) is 5.40. The van der Waals surface area contributed by atoms with Crippen molar-refractivity contribution in [1.29, 1.82) is 5.26 Å². The molecule has 1 N–H and O–H groups in total. The van der Waals surface area contributed by atoms with Crippen LogP contribution in [0.15, 0.2) is 54.1 Å². The Morgan fingerprint density at radius 3 is 2.48 bits per heavy atom. The lowest BCUT2D eigenvalue weighted by Crippen LogP contribution is -2.14. The Morgan fingerprint density at radius 2 is 1.83 bits per heavy atom. The Hall–Kier alpha value is -3.65. The number of amides is 1. The molecule has 1 amide bonds. The fraction of sp³-hybridized carbons (Fsp3) is 0.167. The highest BCUT2D eigenvalue weighted by molar-refractivity contribution is 6.09. The van der Waals surface area contributed by atoms with E-state index in [0.29, 0.717) is 0 Å². The van der Waals surface area contributed by atoms with Crippen LogP contribution in [0.2, 0.25) is 0 Å². The number of nitrogens with one attached hydrogen (secondary N) is 1. The van der Waals surface area contributed by atoms with Gasteiger partial charge in [0.25, 0.3) is 5.91 Å². The van der Waals surface area contributed by atoms with Crippen LogP contribution < -0.4 is 5.32 Å². The first-order chi connectivity index (χ1) is 13.8. The predicted molar refractivity (Wildman–Crippen MR) is 113 cm³/mol. The van der Waals surface area contributed by atoms with Gasteiger partial charge in [-0.15, -0.1) is 0 Å². The lowest BCUT2D eigenvalue weighted by molar-refractivity contribution is -0.112. The molecule has 0 radical (unpaired) electrons. The Morgan fingerprint density at radius 1 is 1.10 bits per heavy atom. The molecule has 4 nitrogen and oxygen atoms in total. The highest BCUT2D eigenvalue weighted by atomic mass is 19.1. The largest absolute Gasteiger partial charge is 0.319 e. The zero-order valence-electron chi connectivity index (χ0n) is 16.9. The van der Waals surface area contributed by atoms with Crippen LogP contribution >= 0.6 is 0 Å². The summed E-state index contributed by atoms with van der Waals surface area (Å²) >= 11 is 0. The van der Waals surface area contributed by atoms with Gasteiger partial charge in [0.15, 0.2) is 0 Å². The summed E-state index contributed by atoms with van der Waals surface area (Å²) in [4.78, 5) is 12.5. The average Bonchev–Trinajstić information content (AvgIpc) is 2.95. The number of hydrogen-bond acceptors (Lipinski definition) is 2. The monoisotopic (exact) mass is 387 g/mol. The van der Waals surface area contributed by atoms with Gasteiger partial charge in [-0.2, -0.15) is 5.26 Å². The van der Waals surface area contributed by atoms with Gasteiger partial charge in [0.2, 0.25) is 0 Å². The third-order valence-corrected chi connectivity index (χ3v) is 4.85. The maximum Gasteiger partial charge on any atom is 0.266 e. The van der Waals surface area contributed by atoms with Crippen molar-refractivity contribution < 1.29 is 9.18 Å². The molecule has 1 aromatic heterocycles. The van der Waals surface area contributed by atoms with Crippen molar-refractivity contribution in [3.63, 3.8) is 0 Å². The minimum Gasteiger partial charge on any atom is -0.319 e. The molecule has 3 aromatic rings. The smallest absolute Gasteiger partial charge is 0.266 e. The highest BCUT2D eigenvalue weighted by Crippen LogP contribution is 2.25. The van der Waals surface area contributed by atoms with Crippen molar-refractivity contribution in [1.82, 2.24) is 4.57 Å². The van der Waals surface area contributed by atoms with Crippen LogP contribution in [0, 0.1) is 44.8 Å². The molecule has 0 saturated carbocycles. The number of halogens is 1. The average molecular weight is 387 g/mol. The normalized spacial score (nSPS) is 11.2. The molecule has 0 aliphatic heterocycles. The molecule has 5 heteroatoms. The molecule has 3 rings (SSSR count). The third-order valence-electron chi connectivity index (χ3n) is 4.85. The number of rotatable bonds is 4. The molecule has 0 unspecified atom stereocenters. The maximum atomic E-state index is 13.8. The Kier molecular flexibility index (Phi) is 5.65. The van der Waals surface area contributed by atoms with Crippen molar-refractivity contribution in [3.8, 4) is 11.8 Å². The first-order valence-corrected chi connectivity index (χ1v) is 9.26. The molecule has 0 bridgehead atoms. The number of para-hydroxylation sites is 1. The summed E-state index contributed by atoms with van der Waals surface area (Å²) in [6.45, 7) is 8.03. The molecule has 0 saturated heterocycles. The zero-order chi connectivity index (χ0) is 21.1. The second kappa shape index (κ2) is 8.15. The fourth-order valence-corrected chi connectivity index (χ4v) is 3.42. The summed E-state index contributed by atoms with van der Waals surface area (Å²) in [5, 5.41) is 11.9. The van der Waals surface area contributed by atoms with Crippen LogP contribution in [0.25, 0.3) is 11.8 Å². The molecule has 0 atom stereocenters. The first-order valence-electron chi connectivity index (χ1n) is 9.26. The lowest BCUT2D eigenvalue weighted by atomic mass is 10.1. The molecule has 2 aromatic carbocycles. The Bertz CT molecular complexity index is 1170. The number of hydrogen-bond donors (Lipinski definition) is 1. The number of nitriles is 1. The van der Waals surface area contributed by atoms with Crippen molar-refractivity contribution in [2.45, 2.75) is 27.7 Å². The van der Waals surface area contributed by atoms with Crippen molar-refractivity contribution in [3.05, 3.63) is 88.0 Å². The lowest BCUT2D eigenvalue weighted by Gasteiger charge is -2.13. The quantitative estimate of drug-likeness (QED) is 0.482. The van der Waals surface area contributed by atoms with Gasteiger partial charge < -0.3 is 9.88 Å². The molecule has 146 valence electrons. The van der Waals surface area contributed by atoms with Crippen LogP contribution in [0.3, 0.4) is 0 Å². The number of anilines is 1. The molecule has 0 aliphatic rings. The molecule has 0 aliphatic carbocycles. The topological polar surface area (TPSA) is 57.8 Å². The van der Waals surface area contributed by atoms with E-state index < -0.39 is 11.7 Å². The number of benzene rings is 2. The summed E-state index contributed by atoms with van der Waals surface area (Å²) in [6, 6.07) is 15.9. The van der Waals surface area contributed by atoms with Gasteiger partial charge in [0, 0.05) is 17.1 Å². The molecule has 0 spiro atoms. The third kappa shape index (κ3) is 4.12. The number of carbonyl (C=O) groups excluding carboxylic acids is 1. The van der Waals surface area contributed by atoms with E-state index in [1.807, 2.05) is 32.9 Å². The van der Waals surface area contributed by atoms with Crippen molar-refractivity contribution >= 4 is 17.7 Å². The van der Waals surface area contributed by atoms with Gasteiger partial charge in [0.05, 0.1) is 5.69 Å². The molecular formula is C24H22FN3O. The van der Waals surface area contributed by atoms with Crippen molar-refractivity contribution in [2.24, 2.45) is 0 Å². The van der Waals surface area contributed by atoms with Crippen LogP contribution in [0.4, 0.5) is 10.1 Å². The van der Waals surface area contributed by atoms with E-state index in [4.69, 9.17) is 0 Å². The second-order valence-electron chi connectivity index (χ2n) is 7.06. The first kappa shape index (κ1) is 20.1. The zero-order valence-corrected chi connectivity index (χ0v) is 16.9. The minimum absolute atomic E-state index is 0.0411. The van der Waals surface area contributed by atoms with E-state index in [0.717, 1.165) is 28.2 Å². The molecule has 0 fully saturated rings. The van der Waals surface area contributed by atoms with Crippen LogP contribution in [0.1, 0.15) is 28.1 Å². The van der Waals surface area contributed by atoms with E-state index in [-0.39, 0.29) is 11.3 Å². The SMILES string of the molecule is Cc1ccc(-n2c(C)cc(C=C(C#N)C(=O)Nc3ccccc3F)c2C)c(C)c1. The second-order valence-corrected chi connectivity index (χ2v) is 7.06. The van der Waals surface area contributed by atoms with Crippen LogP contribution in [0.5, 0.6) is 0 Å². The van der Waals surface area contributed by atoms with Crippen LogP contribution in [-0.4, -0.2) is 10.5 Å². The van der Waals surface area contributed by atoms with Gasteiger partial charge in [-0.1, -0.05) is 29.8 Å². The molecule has 1 heterocycles. The maximum absolute atomic E-state index is 13.8. The van der Waals surface area contributed by atoms with Gasteiger partial charge in [-0.3, -0.25) is 4.79 Å². The Balaban J connectivity index is 1.98. The summed E-state index contributed by atoms with van der Waals surface area (Å²) in [6.07, 6.45) is 1.54. The summed E-state index contributed by atoms with van der Waals surface area (Å²) in [7, 11) is 0. The van der Waals surface area contributed by atoms with Gasteiger partial charge >= 0.3 is 0 Å². The summed E-state index contributed by atoms with van der Waals surface area (Å²) in [5.74, 6) is -1.19. The fourth-order valence-electron chi connectivity index (χ4n) is 3.42. The number of carbonyl (C=O) groups is 1. The van der Waals surface area contributed by atoms with Gasteiger partial charge in [-0.05, 0) is 69.2 Å². The summed E-state index contributed by atoms with van der Waals surface area (Å²) in [5.41, 5.74) is 6.01. The van der Waals surface area contributed by atoms with E-state index >= 15 is 0 Å². The van der Waals surface area contributed by atoms with Gasteiger partial charge in [0.1, 0.15) is 17.5 Å². The number of aromatic nitrogens is 1. The van der Waals surface area contributed by atoms with E-state index in [9.17, 15) is 14.4 Å². The number of aryl methyl sites for hydroxylation is 3. The van der Waals surface area contributed by atoms with E-state index in [2.05, 4.69) is 35.0 Å².